The van der Waals surface area contributed by atoms with E-state index in [1.807, 2.05) is 0 Å². The fourth-order valence-corrected chi connectivity index (χ4v) is 5.62. The van der Waals surface area contributed by atoms with E-state index < -0.39 is 8.07 Å². The Morgan fingerprint density at radius 2 is 1.77 bits per heavy atom. The van der Waals surface area contributed by atoms with E-state index in [1.165, 1.54) is 32.4 Å². The van der Waals surface area contributed by atoms with Crippen molar-refractivity contribution in [3.05, 3.63) is 0 Å². The Balaban J connectivity index is 1.94. The van der Waals surface area contributed by atoms with Crippen LogP contribution < -0.4 is 0 Å². The third kappa shape index (κ3) is 5.65. The van der Waals surface area contributed by atoms with Crippen molar-refractivity contribution in [2.75, 3.05) is 13.1 Å². The third-order valence-corrected chi connectivity index (χ3v) is 6.78. The first-order valence-corrected chi connectivity index (χ1v) is 11.1. The topological polar surface area (TPSA) is 3.24 Å². The van der Waals surface area contributed by atoms with E-state index in [-0.39, 0.29) is 9.68 Å². The van der Waals surface area contributed by atoms with Gasteiger partial charge in [-0.1, -0.05) is 38.2 Å². The van der Waals surface area contributed by atoms with E-state index in [9.17, 15) is 0 Å². The number of rotatable bonds is 5. The van der Waals surface area contributed by atoms with Crippen molar-refractivity contribution in [2.45, 2.75) is 51.0 Å². The van der Waals surface area contributed by atoms with Crippen LogP contribution in [-0.2, 0) is 0 Å². The number of hydrogen-bond donors (Lipinski definition) is 0. The zero-order valence-corrected chi connectivity index (χ0v) is 12.0. The Bertz CT molecular complexity index is 136. The molecule has 13 heavy (non-hydrogen) atoms. The van der Waals surface area contributed by atoms with Crippen LogP contribution in [0.1, 0.15) is 19.3 Å². The van der Waals surface area contributed by atoms with E-state index in [0.29, 0.717) is 0 Å². The molecule has 0 aliphatic carbocycles. The van der Waals surface area contributed by atoms with Gasteiger partial charge < -0.3 is 4.57 Å². The molecule has 0 amide bonds. The Hall–Kier alpha value is 0.394. The molecule has 1 rings (SSSR count). The third-order valence-electron chi connectivity index (χ3n) is 2.85. The van der Waals surface area contributed by atoms with Gasteiger partial charge in [-0.3, -0.25) is 0 Å². The predicted octanol–water partition coefficient (Wildman–Crippen LogP) is 2.31. The number of nitrogens with zero attached hydrogens (tertiary/aromatic N) is 1. The lowest BCUT2D eigenvalue weighted by atomic mass is 10.4. The van der Waals surface area contributed by atoms with Gasteiger partial charge >= 0.3 is 0 Å². The molecule has 0 radical (unpaired) electrons. The van der Waals surface area contributed by atoms with E-state index in [1.54, 1.807) is 12.1 Å². The predicted molar refractivity (Wildman–Crippen MR) is 66.9 cm³/mol. The van der Waals surface area contributed by atoms with E-state index >= 15 is 0 Å². The highest BCUT2D eigenvalue weighted by molar-refractivity contribution is 6.76. The second-order valence-electron chi connectivity index (χ2n) is 5.57. The molecule has 0 spiro atoms. The molecule has 0 atom stereocenters. The normalized spacial score (nSPS) is 20.5. The molecule has 1 nitrogen and oxygen atoms in total. The van der Waals surface area contributed by atoms with Crippen molar-refractivity contribution in [1.29, 1.82) is 0 Å². The first kappa shape index (κ1) is 11.5. The zero-order chi connectivity index (χ0) is 9.73. The molecule has 0 bridgehead atoms. The van der Waals surface area contributed by atoms with Gasteiger partial charge in [0, 0.05) is 8.07 Å². The zero-order valence-electron chi connectivity index (χ0n) is 9.60. The minimum atomic E-state index is -0.730. The van der Waals surface area contributed by atoms with Crippen LogP contribution in [0, 0.1) is 0 Å². The fourth-order valence-electron chi connectivity index (χ4n) is 2.00. The lowest BCUT2D eigenvalue weighted by Gasteiger charge is -2.17. The first-order valence-electron chi connectivity index (χ1n) is 5.80. The van der Waals surface area contributed by atoms with Crippen molar-refractivity contribution < 1.29 is 0 Å². The molecule has 1 saturated heterocycles. The lowest BCUT2D eigenvalue weighted by molar-refractivity contribution is 0.548. The maximum Gasteiger partial charge on any atom is 0.0950 e. The van der Waals surface area contributed by atoms with Crippen LogP contribution in [-0.4, -0.2) is 35.4 Å². The first-order chi connectivity index (χ1) is 6.08. The molecule has 0 saturated carbocycles. The summed E-state index contributed by atoms with van der Waals surface area (Å²) >= 11 is 0. The molecule has 0 N–H and O–H groups in total. The van der Waals surface area contributed by atoms with Crippen molar-refractivity contribution in [1.82, 2.24) is 4.57 Å². The summed E-state index contributed by atoms with van der Waals surface area (Å²) in [4.78, 5) is 0. The van der Waals surface area contributed by atoms with Crippen LogP contribution >= 0.6 is 0 Å². The average molecular weight is 215 g/mol. The Morgan fingerprint density at radius 1 is 1.15 bits per heavy atom. The van der Waals surface area contributed by atoms with Gasteiger partial charge in [0.15, 0.2) is 0 Å². The molecular formula is C10H25NSi2. The van der Waals surface area contributed by atoms with Gasteiger partial charge in [-0.2, -0.15) is 0 Å². The summed E-state index contributed by atoms with van der Waals surface area (Å²) < 4.78 is 2.77. The minimum Gasteiger partial charge on any atom is -0.329 e. The summed E-state index contributed by atoms with van der Waals surface area (Å²) in [6.45, 7) is 10.3. The molecule has 1 aliphatic heterocycles. The SMILES string of the molecule is C[Si](C)(C)CCC[SiH2]N1CCCC1. The van der Waals surface area contributed by atoms with Gasteiger partial charge in [-0.15, -0.1) is 0 Å². The van der Waals surface area contributed by atoms with Crippen LogP contribution in [0.2, 0.25) is 31.7 Å². The molecule has 3 heteroatoms. The quantitative estimate of drug-likeness (QED) is 0.502. The summed E-state index contributed by atoms with van der Waals surface area (Å²) in [5, 5.41) is 0. The average Bonchev–Trinajstić information content (AvgIpc) is 2.48. The van der Waals surface area contributed by atoms with Crippen LogP contribution in [0.5, 0.6) is 0 Å². The molecule has 78 valence electrons. The molecule has 1 fully saturated rings. The van der Waals surface area contributed by atoms with Crippen LogP contribution in [0.25, 0.3) is 0 Å². The van der Waals surface area contributed by atoms with Crippen LogP contribution in [0.15, 0.2) is 0 Å². The van der Waals surface area contributed by atoms with Crippen molar-refractivity contribution in [2.24, 2.45) is 0 Å². The summed E-state index contributed by atoms with van der Waals surface area (Å²) in [6, 6.07) is 3.12. The molecule has 0 aromatic carbocycles. The standard InChI is InChI=1S/C10H25NSi2/c1-13(2,3)10-6-9-12-11-7-4-5-8-11/h4-10,12H2,1-3H3. The van der Waals surface area contributed by atoms with Crippen molar-refractivity contribution in [3.63, 3.8) is 0 Å². The van der Waals surface area contributed by atoms with Gasteiger partial charge in [0.1, 0.15) is 0 Å². The molecule has 1 aliphatic rings. The summed E-state index contributed by atoms with van der Waals surface area (Å²) in [5.74, 6) is 0. The summed E-state index contributed by atoms with van der Waals surface area (Å²) in [7, 11) is -0.556. The van der Waals surface area contributed by atoms with Gasteiger partial charge in [0.05, 0.1) is 9.68 Å². The summed E-state index contributed by atoms with van der Waals surface area (Å²) in [6.07, 6.45) is 4.47. The van der Waals surface area contributed by atoms with E-state index in [2.05, 4.69) is 24.2 Å². The van der Waals surface area contributed by atoms with E-state index in [0.717, 1.165) is 0 Å². The maximum atomic E-state index is 2.77. The molecule has 0 aromatic heterocycles. The highest BCUT2D eigenvalue weighted by Crippen LogP contribution is 2.14. The van der Waals surface area contributed by atoms with Crippen LogP contribution in [0.4, 0.5) is 0 Å². The maximum absolute atomic E-state index is 2.77. The van der Waals surface area contributed by atoms with Crippen LogP contribution in [0.3, 0.4) is 0 Å². The van der Waals surface area contributed by atoms with Gasteiger partial charge in [0.2, 0.25) is 0 Å². The molecular weight excluding hydrogens is 190 g/mol. The smallest absolute Gasteiger partial charge is 0.0950 e. The van der Waals surface area contributed by atoms with Crippen molar-refractivity contribution in [3.8, 4) is 0 Å². The van der Waals surface area contributed by atoms with E-state index in [4.69, 9.17) is 0 Å². The minimum absolute atomic E-state index is 0.174. The number of hydrogen-bond acceptors (Lipinski definition) is 1. The Kier molecular flexibility index (Phi) is 4.69. The second kappa shape index (κ2) is 5.32. The fraction of sp³-hybridized carbons (Fsp3) is 1.00. The highest BCUT2D eigenvalue weighted by atomic mass is 28.3. The second-order valence-corrected chi connectivity index (χ2v) is 13.2. The Morgan fingerprint density at radius 3 is 2.31 bits per heavy atom. The molecule has 0 aromatic rings. The Labute approximate surface area is 86.8 Å². The molecule has 0 unspecified atom stereocenters. The summed E-state index contributed by atoms with van der Waals surface area (Å²) in [5.41, 5.74) is 0. The van der Waals surface area contributed by atoms with Gasteiger partial charge in [0.25, 0.3) is 0 Å². The highest BCUT2D eigenvalue weighted by Gasteiger charge is 2.14. The van der Waals surface area contributed by atoms with Gasteiger partial charge in [-0.25, -0.2) is 0 Å². The monoisotopic (exact) mass is 215 g/mol. The molecule has 1 heterocycles. The largest absolute Gasteiger partial charge is 0.329 e. The lowest BCUT2D eigenvalue weighted by Crippen LogP contribution is -2.25. The van der Waals surface area contributed by atoms with Gasteiger partial charge in [-0.05, 0) is 25.9 Å². The van der Waals surface area contributed by atoms with Crippen molar-refractivity contribution >= 4 is 17.8 Å².